The first kappa shape index (κ1) is 15.4. The number of rotatable bonds is 8. The van der Waals surface area contributed by atoms with Gasteiger partial charge < -0.3 is 19.3 Å². The van der Waals surface area contributed by atoms with E-state index in [-0.39, 0.29) is 0 Å². The molecule has 1 atom stereocenters. The van der Waals surface area contributed by atoms with Crippen molar-refractivity contribution < 1.29 is 19.3 Å². The van der Waals surface area contributed by atoms with Crippen molar-refractivity contribution in [1.29, 1.82) is 0 Å². The Morgan fingerprint density at radius 1 is 1.22 bits per heavy atom. The first-order valence-electron chi connectivity index (χ1n) is 5.82. The number of halogens is 1. The van der Waals surface area contributed by atoms with E-state index in [1.54, 1.807) is 14.0 Å². The molecule has 0 amide bonds. The fraction of sp³-hybridized carbons (Fsp3) is 0.538. The number of aliphatic hydroxyl groups excluding tert-OH is 1. The van der Waals surface area contributed by atoms with Crippen molar-refractivity contribution in [2.45, 2.75) is 13.0 Å². The second kappa shape index (κ2) is 8.48. The van der Waals surface area contributed by atoms with Gasteiger partial charge in [0, 0.05) is 17.1 Å². The van der Waals surface area contributed by atoms with Crippen molar-refractivity contribution in [3.05, 3.63) is 28.2 Å². The number of aliphatic hydroxyl groups is 1. The van der Waals surface area contributed by atoms with Crippen LogP contribution in [0.2, 0.25) is 0 Å². The highest BCUT2D eigenvalue weighted by molar-refractivity contribution is 9.10. The molecule has 1 rings (SSSR count). The second-order valence-corrected chi connectivity index (χ2v) is 4.73. The van der Waals surface area contributed by atoms with Crippen LogP contribution in [0.3, 0.4) is 0 Å². The summed E-state index contributed by atoms with van der Waals surface area (Å²) in [5.74, 6) is 0.684. The maximum Gasteiger partial charge on any atom is 0.125 e. The van der Waals surface area contributed by atoms with Gasteiger partial charge in [-0.25, -0.2) is 0 Å². The number of hydrogen-bond donors (Lipinski definition) is 1. The molecule has 0 fully saturated rings. The van der Waals surface area contributed by atoms with Gasteiger partial charge in [0.15, 0.2) is 0 Å². The average molecular weight is 319 g/mol. The van der Waals surface area contributed by atoms with E-state index in [1.807, 2.05) is 18.2 Å². The number of hydrogen-bond acceptors (Lipinski definition) is 4. The minimum absolute atomic E-state index is 0.449. The van der Waals surface area contributed by atoms with Crippen LogP contribution in [0.5, 0.6) is 5.75 Å². The molecule has 1 unspecified atom stereocenters. The highest BCUT2D eigenvalue weighted by atomic mass is 79.9. The quantitative estimate of drug-likeness (QED) is 0.748. The van der Waals surface area contributed by atoms with Crippen LogP contribution < -0.4 is 4.74 Å². The molecule has 0 aliphatic carbocycles. The number of methoxy groups -OCH3 is 1. The van der Waals surface area contributed by atoms with Gasteiger partial charge in [-0.15, -0.1) is 0 Å². The standard InChI is InChI=1S/C13H19BrO4/c1-10(15)12-9-11(14)3-4-13(12)18-8-7-17-6-5-16-2/h3-4,9-10,15H,5-8H2,1-2H3. The molecule has 0 saturated heterocycles. The summed E-state index contributed by atoms with van der Waals surface area (Å²) in [4.78, 5) is 0. The molecule has 0 radical (unpaired) electrons. The lowest BCUT2D eigenvalue weighted by Gasteiger charge is -2.14. The van der Waals surface area contributed by atoms with Crippen molar-refractivity contribution >= 4 is 15.9 Å². The first-order valence-corrected chi connectivity index (χ1v) is 6.61. The van der Waals surface area contributed by atoms with Crippen LogP contribution in [0.15, 0.2) is 22.7 Å². The largest absolute Gasteiger partial charge is 0.491 e. The minimum atomic E-state index is -0.563. The summed E-state index contributed by atoms with van der Waals surface area (Å²) >= 11 is 3.37. The molecule has 1 aromatic carbocycles. The van der Waals surface area contributed by atoms with Crippen LogP contribution in [0.25, 0.3) is 0 Å². The zero-order chi connectivity index (χ0) is 13.4. The summed E-state index contributed by atoms with van der Waals surface area (Å²) in [6, 6.07) is 5.57. The van der Waals surface area contributed by atoms with Gasteiger partial charge in [-0.1, -0.05) is 15.9 Å². The average Bonchev–Trinajstić information content (AvgIpc) is 2.35. The molecule has 0 aliphatic heterocycles. The predicted molar refractivity (Wildman–Crippen MR) is 73.0 cm³/mol. The van der Waals surface area contributed by atoms with Gasteiger partial charge in [0.1, 0.15) is 12.4 Å². The fourth-order valence-electron chi connectivity index (χ4n) is 1.43. The van der Waals surface area contributed by atoms with Crippen LogP contribution in [0, 0.1) is 0 Å². The third kappa shape index (κ3) is 5.35. The molecule has 0 bridgehead atoms. The summed E-state index contributed by atoms with van der Waals surface area (Å²) in [7, 11) is 1.64. The van der Waals surface area contributed by atoms with E-state index in [1.165, 1.54) is 0 Å². The topological polar surface area (TPSA) is 47.9 Å². The van der Waals surface area contributed by atoms with Crippen molar-refractivity contribution in [3.8, 4) is 5.75 Å². The minimum Gasteiger partial charge on any atom is -0.491 e. The summed E-state index contributed by atoms with van der Waals surface area (Å²) in [6.07, 6.45) is -0.563. The lowest BCUT2D eigenvalue weighted by molar-refractivity contribution is 0.0538. The molecule has 0 heterocycles. The van der Waals surface area contributed by atoms with E-state index in [4.69, 9.17) is 14.2 Å². The molecule has 18 heavy (non-hydrogen) atoms. The molecular weight excluding hydrogens is 300 g/mol. The molecule has 4 nitrogen and oxygen atoms in total. The maximum atomic E-state index is 9.65. The maximum absolute atomic E-state index is 9.65. The Morgan fingerprint density at radius 3 is 2.61 bits per heavy atom. The van der Waals surface area contributed by atoms with Gasteiger partial charge in [-0.2, -0.15) is 0 Å². The molecule has 0 aliphatic rings. The summed E-state index contributed by atoms with van der Waals surface area (Å²) in [6.45, 7) is 3.80. The summed E-state index contributed by atoms with van der Waals surface area (Å²) in [5.41, 5.74) is 0.765. The van der Waals surface area contributed by atoms with E-state index < -0.39 is 6.10 Å². The van der Waals surface area contributed by atoms with E-state index in [0.717, 1.165) is 10.0 Å². The van der Waals surface area contributed by atoms with Crippen LogP contribution >= 0.6 is 15.9 Å². The van der Waals surface area contributed by atoms with Crippen molar-refractivity contribution in [2.75, 3.05) is 33.5 Å². The van der Waals surface area contributed by atoms with Crippen LogP contribution in [0.4, 0.5) is 0 Å². The Bertz CT molecular complexity index is 355. The second-order valence-electron chi connectivity index (χ2n) is 3.81. The Labute approximate surface area is 116 Å². The predicted octanol–water partition coefficient (Wildman–Crippen LogP) is 2.54. The molecule has 0 aromatic heterocycles. The Hall–Kier alpha value is -0.620. The molecule has 0 saturated carbocycles. The van der Waals surface area contributed by atoms with E-state index in [2.05, 4.69) is 15.9 Å². The summed E-state index contributed by atoms with van der Waals surface area (Å²) in [5, 5.41) is 9.65. The van der Waals surface area contributed by atoms with Gasteiger partial charge in [-0.3, -0.25) is 0 Å². The van der Waals surface area contributed by atoms with Crippen molar-refractivity contribution in [3.63, 3.8) is 0 Å². The zero-order valence-corrected chi connectivity index (χ0v) is 12.3. The molecule has 1 N–H and O–H groups in total. The van der Waals surface area contributed by atoms with Crippen molar-refractivity contribution in [1.82, 2.24) is 0 Å². The lowest BCUT2D eigenvalue weighted by atomic mass is 10.1. The Morgan fingerprint density at radius 2 is 1.94 bits per heavy atom. The zero-order valence-electron chi connectivity index (χ0n) is 10.7. The third-order valence-electron chi connectivity index (χ3n) is 2.34. The van der Waals surface area contributed by atoms with Crippen LogP contribution in [-0.2, 0) is 9.47 Å². The molecule has 0 spiro atoms. The van der Waals surface area contributed by atoms with Gasteiger partial charge >= 0.3 is 0 Å². The van der Waals surface area contributed by atoms with Gasteiger partial charge in [0.25, 0.3) is 0 Å². The summed E-state index contributed by atoms with van der Waals surface area (Å²) < 4.78 is 16.7. The third-order valence-corrected chi connectivity index (χ3v) is 2.83. The first-order chi connectivity index (χ1) is 8.65. The Balaban J connectivity index is 2.42. The highest BCUT2D eigenvalue weighted by Crippen LogP contribution is 2.28. The van der Waals surface area contributed by atoms with Gasteiger partial charge in [0.05, 0.1) is 25.9 Å². The molecule has 1 aromatic rings. The van der Waals surface area contributed by atoms with E-state index in [0.29, 0.717) is 32.2 Å². The normalized spacial score (nSPS) is 12.4. The lowest BCUT2D eigenvalue weighted by Crippen LogP contribution is -2.11. The SMILES string of the molecule is COCCOCCOc1ccc(Br)cc1C(C)O. The van der Waals surface area contributed by atoms with E-state index in [9.17, 15) is 5.11 Å². The van der Waals surface area contributed by atoms with E-state index >= 15 is 0 Å². The van der Waals surface area contributed by atoms with Crippen LogP contribution in [0.1, 0.15) is 18.6 Å². The van der Waals surface area contributed by atoms with Gasteiger partial charge in [0.2, 0.25) is 0 Å². The monoisotopic (exact) mass is 318 g/mol. The highest BCUT2D eigenvalue weighted by Gasteiger charge is 2.09. The van der Waals surface area contributed by atoms with Crippen LogP contribution in [-0.4, -0.2) is 38.6 Å². The smallest absolute Gasteiger partial charge is 0.125 e. The fourth-order valence-corrected chi connectivity index (χ4v) is 1.81. The van der Waals surface area contributed by atoms with Gasteiger partial charge in [-0.05, 0) is 25.1 Å². The Kier molecular flexibility index (Phi) is 7.27. The number of benzene rings is 1. The number of ether oxygens (including phenoxy) is 3. The molecule has 102 valence electrons. The molecule has 5 heteroatoms. The van der Waals surface area contributed by atoms with Crippen molar-refractivity contribution in [2.24, 2.45) is 0 Å². The molecular formula is C13H19BrO4.